The van der Waals surface area contributed by atoms with Crippen molar-refractivity contribution in [1.82, 2.24) is 20.1 Å². The van der Waals surface area contributed by atoms with E-state index in [0.29, 0.717) is 23.2 Å². The maximum absolute atomic E-state index is 14.4. The molecular formula is C21H23FN4O2S. The van der Waals surface area contributed by atoms with E-state index in [1.54, 1.807) is 29.9 Å². The lowest BCUT2D eigenvalue weighted by Gasteiger charge is -2.13. The van der Waals surface area contributed by atoms with Crippen molar-refractivity contribution in [3.05, 3.63) is 59.9 Å². The highest BCUT2D eigenvalue weighted by Gasteiger charge is 2.19. The van der Waals surface area contributed by atoms with E-state index in [9.17, 15) is 9.18 Å². The van der Waals surface area contributed by atoms with Crippen LogP contribution in [0.25, 0.3) is 17.1 Å². The van der Waals surface area contributed by atoms with E-state index in [2.05, 4.69) is 15.5 Å². The third-order valence-electron chi connectivity index (χ3n) is 4.20. The molecule has 0 aliphatic heterocycles. The molecule has 0 bridgehead atoms. The van der Waals surface area contributed by atoms with Gasteiger partial charge in [-0.1, -0.05) is 41.6 Å². The number of rotatable bonds is 8. The molecule has 2 aromatic carbocycles. The molecule has 3 rings (SSSR count). The fourth-order valence-corrected chi connectivity index (χ4v) is 3.61. The standard InChI is InChI=1S/C21H23FN4O2S/c1-14-8-10-16(11-9-14)26-20(17-6-4-5-7-18(17)22)24-25-21(26)29-13-19(27)23-15(2)12-28-3/h4-11,15H,12-13H2,1-3H3,(H,23,27)/t15-/m0/s1. The molecule has 0 saturated heterocycles. The molecule has 0 aliphatic rings. The van der Waals surface area contributed by atoms with Gasteiger partial charge in [-0.15, -0.1) is 10.2 Å². The van der Waals surface area contributed by atoms with E-state index < -0.39 is 0 Å². The fourth-order valence-electron chi connectivity index (χ4n) is 2.85. The molecule has 29 heavy (non-hydrogen) atoms. The van der Waals surface area contributed by atoms with E-state index >= 15 is 0 Å². The first kappa shape index (κ1) is 21.0. The van der Waals surface area contributed by atoms with Crippen molar-refractivity contribution in [2.45, 2.75) is 25.0 Å². The molecule has 0 unspecified atom stereocenters. The molecular weight excluding hydrogens is 391 g/mol. The molecule has 6 nitrogen and oxygen atoms in total. The number of nitrogens with zero attached hydrogens (tertiary/aromatic N) is 3. The minimum Gasteiger partial charge on any atom is -0.383 e. The number of ether oxygens (including phenoxy) is 1. The van der Waals surface area contributed by atoms with Gasteiger partial charge in [0.1, 0.15) is 5.82 Å². The van der Waals surface area contributed by atoms with Crippen LogP contribution in [0.4, 0.5) is 4.39 Å². The minimum atomic E-state index is -0.379. The molecule has 1 atom stereocenters. The van der Waals surface area contributed by atoms with Crippen LogP contribution < -0.4 is 5.32 Å². The van der Waals surface area contributed by atoms with Crippen LogP contribution in [0, 0.1) is 12.7 Å². The zero-order chi connectivity index (χ0) is 20.8. The molecule has 0 radical (unpaired) electrons. The molecule has 152 valence electrons. The Morgan fingerprint density at radius 3 is 2.62 bits per heavy atom. The molecule has 0 spiro atoms. The van der Waals surface area contributed by atoms with E-state index in [1.807, 2.05) is 38.1 Å². The fraction of sp³-hybridized carbons (Fsp3) is 0.286. The van der Waals surface area contributed by atoms with Gasteiger partial charge in [0.2, 0.25) is 5.91 Å². The molecule has 1 aromatic heterocycles. The molecule has 8 heteroatoms. The normalized spacial score (nSPS) is 12.0. The van der Waals surface area contributed by atoms with Crippen LogP contribution in [0.5, 0.6) is 0 Å². The molecule has 1 N–H and O–H groups in total. The second-order valence-corrected chi connectivity index (χ2v) is 7.61. The molecule has 0 fully saturated rings. The number of methoxy groups -OCH3 is 1. The lowest BCUT2D eigenvalue weighted by atomic mass is 10.2. The summed E-state index contributed by atoms with van der Waals surface area (Å²) < 4.78 is 21.2. The Balaban J connectivity index is 1.90. The number of nitrogens with one attached hydrogen (secondary N) is 1. The average molecular weight is 415 g/mol. The Hall–Kier alpha value is -2.71. The smallest absolute Gasteiger partial charge is 0.230 e. The zero-order valence-electron chi connectivity index (χ0n) is 16.6. The molecule has 1 amide bonds. The second kappa shape index (κ2) is 9.67. The number of hydrogen-bond acceptors (Lipinski definition) is 5. The van der Waals surface area contributed by atoms with Gasteiger partial charge in [0.25, 0.3) is 0 Å². The van der Waals surface area contributed by atoms with E-state index in [1.165, 1.54) is 17.8 Å². The summed E-state index contributed by atoms with van der Waals surface area (Å²) in [6, 6.07) is 14.1. The predicted octanol–water partition coefficient (Wildman–Crippen LogP) is 3.63. The number of aryl methyl sites for hydroxylation is 1. The van der Waals surface area contributed by atoms with Crippen LogP contribution in [-0.4, -0.2) is 46.2 Å². The second-order valence-electron chi connectivity index (χ2n) is 6.67. The highest BCUT2D eigenvalue weighted by atomic mass is 32.2. The van der Waals surface area contributed by atoms with Crippen molar-refractivity contribution >= 4 is 17.7 Å². The Morgan fingerprint density at radius 2 is 1.93 bits per heavy atom. The molecule has 1 heterocycles. The van der Waals surface area contributed by atoms with Gasteiger partial charge in [-0.05, 0) is 38.1 Å². The summed E-state index contributed by atoms with van der Waals surface area (Å²) in [6.07, 6.45) is 0. The van der Waals surface area contributed by atoms with Crippen LogP contribution >= 0.6 is 11.8 Å². The maximum atomic E-state index is 14.4. The van der Waals surface area contributed by atoms with Crippen molar-refractivity contribution in [1.29, 1.82) is 0 Å². The SMILES string of the molecule is COC[C@H](C)NC(=O)CSc1nnc(-c2ccccc2F)n1-c1ccc(C)cc1. The number of amides is 1. The van der Waals surface area contributed by atoms with Gasteiger partial charge < -0.3 is 10.1 Å². The van der Waals surface area contributed by atoms with Crippen molar-refractivity contribution in [3.63, 3.8) is 0 Å². The highest BCUT2D eigenvalue weighted by molar-refractivity contribution is 7.99. The topological polar surface area (TPSA) is 69.0 Å². The first-order valence-corrected chi connectivity index (χ1v) is 10.2. The van der Waals surface area contributed by atoms with Crippen molar-refractivity contribution in [3.8, 4) is 17.1 Å². The third-order valence-corrected chi connectivity index (χ3v) is 5.13. The Labute approximate surface area is 173 Å². The number of carbonyl (C=O) groups excluding carboxylic acids is 1. The first-order chi connectivity index (χ1) is 14.0. The number of carbonyl (C=O) groups is 1. The van der Waals surface area contributed by atoms with Crippen molar-refractivity contribution < 1.29 is 13.9 Å². The van der Waals surface area contributed by atoms with Crippen molar-refractivity contribution in [2.75, 3.05) is 19.5 Å². The van der Waals surface area contributed by atoms with Crippen LogP contribution in [0.3, 0.4) is 0 Å². The predicted molar refractivity (Wildman–Crippen MR) is 112 cm³/mol. The number of halogens is 1. The van der Waals surface area contributed by atoms with Gasteiger partial charge in [-0.3, -0.25) is 9.36 Å². The summed E-state index contributed by atoms with van der Waals surface area (Å²) in [5, 5.41) is 11.8. The summed E-state index contributed by atoms with van der Waals surface area (Å²) in [4.78, 5) is 12.2. The lowest BCUT2D eigenvalue weighted by molar-refractivity contribution is -0.119. The van der Waals surface area contributed by atoms with Crippen LogP contribution in [-0.2, 0) is 9.53 Å². The van der Waals surface area contributed by atoms with Gasteiger partial charge in [0.05, 0.1) is 17.9 Å². The number of benzene rings is 2. The van der Waals surface area contributed by atoms with Crippen molar-refractivity contribution in [2.24, 2.45) is 0 Å². The maximum Gasteiger partial charge on any atom is 0.230 e. The quantitative estimate of drug-likeness (QED) is 0.570. The number of thioether (sulfide) groups is 1. The summed E-state index contributed by atoms with van der Waals surface area (Å²) in [5.41, 5.74) is 2.26. The Bertz CT molecular complexity index is 975. The number of hydrogen-bond donors (Lipinski definition) is 1. The largest absolute Gasteiger partial charge is 0.383 e. The van der Waals surface area contributed by atoms with Gasteiger partial charge in [0.15, 0.2) is 11.0 Å². The summed E-state index contributed by atoms with van der Waals surface area (Å²) in [7, 11) is 1.59. The van der Waals surface area contributed by atoms with Crippen LogP contribution in [0.1, 0.15) is 12.5 Å². The van der Waals surface area contributed by atoms with E-state index in [-0.39, 0.29) is 23.5 Å². The van der Waals surface area contributed by atoms with E-state index in [4.69, 9.17) is 4.74 Å². The van der Waals surface area contributed by atoms with Gasteiger partial charge in [0, 0.05) is 18.8 Å². The van der Waals surface area contributed by atoms with Crippen LogP contribution in [0.15, 0.2) is 53.7 Å². The Kier molecular flexibility index (Phi) is 7.00. The monoisotopic (exact) mass is 414 g/mol. The van der Waals surface area contributed by atoms with Gasteiger partial charge in [-0.25, -0.2) is 4.39 Å². The summed E-state index contributed by atoms with van der Waals surface area (Å²) in [6.45, 7) is 4.30. The highest BCUT2D eigenvalue weighted by Crippen LogP contribution is 2.29. The number of aromatic nitrogens is 3. The zero-order valence-corrected chi connectivity index (χ0v) is 17.4. The summed E-state index contributed by atoms with van der Waals surface area (Å²) in [5.74, 6) is 0.0407. The third kappa shape index (κ3) is 5.21. The average Bonchev–Trinajstić information content (AvgIpc) is 3.11. The Morgan fingerprint density at radius 1 is 1.21 bits per heavy atom. The minimum absolute atomic E-state index is 0.0861. The van der Waals surface area contributed by atoms with Crippen LogP contribution in [0.2, 0.25) is 0 Å². The van der Waals surface area contributed by atoms with E-state index in [0.717, 1.165) is 11.3 Å². The molecule has 3 aromatic rings. The van der Waals surface area contributed by atoms with Gasteiger partial charge in [-0.2, -0.15) is 0 Å². The molecule has 0 saturated carbocycles. The molecule has 0 aliphatic carbocycles. The lowest BCUT2D eigenvalue weighted by Crippen LogP contribution is -2.36. The summed E-state index contributed by atoms with van der Waals surface area (Å²) >= 11 is 1.25. The first-order valence-electron chi connectivity index (χ1n) is 9.18. The van der Waals surface area contributed by atoms with Gasteiger partial charge >= 0.3 is 0 Å².